The lowest BCUT2D eigenvalue weighted by atomic mass is 10.1. The van der Waals surface area contributed by atoms with Crippen molar-refractivity contribution < 1.29 is 37.4 Å². The summed E-state index contributed by atoms with van der Waals surface area (Å²) < 4.78 is 36.7. The Morgan fingerprint density at radius 3 is 1.28 bits per heavy atom. The first kappa shape index (κ1) is 31.4. The molecule has 0 aromatic carbocycles. The Morgan fingerprint density at radius 2 is 1.03 bits per heavy atom. The molecule has 2 saturated heterocycles. The van der Waals surface area contributed by atoms with Crippen LogP contribution in [0.15, 0.2) is 0 Å². The SMILES string of the molecule is CC(=O)O[C@H](CO[Si](C)(C)C(C)(C)C)[C@@H]1C[C@H]2O[C@@H]([C@@H](CO[Si](C)(C)C(C)(C)C)OC(C)=O)C[C@H]2O1. The average Bonchev–Trinajstić information content (AvgIpc) is 3.25. The van der Waals surface area contributed by atoms with Crippen LogP contribution >= 0.6 is 0 Å². The van der Waals surface area contributed by atoms with Crippen molar-refractivity contribution in [1.29, 1.82) is 0 Å². The largest absolute Gasteiger partial charge is 0.457 e. The number of rotatable bonds is 10. The number of hydrogen-bond acceptors (Lipinski definition) is 8. The Hall–Kier alpha value is -0.786. The summed E-state index contributed by atoms with van der Waals surface area (Å²) >= 11 is 0. The molecule has 6 atom stereocenters. The number of esters is 2. The van der Waals surface area contributed by atoms with Crippen molar-refractivity contribution in [1.82, 2.24) is 0 Å². The molecule has 0 N–H and O–H groups in total. The lowest BCUT2D eigenvalue weighted by Crippen LogP contribution is -2.46. The number of carbonyl (C=O) groups excluding carboxylic acids is 2. The Morgan fingerprint density at radius 1 is 0.722 bits per heavy atom. The highest BCUT2D eigenvalue weighted by molar-refractivity contribution is 6.74. The van der Waals surface area contributed by atoms with Gasteiger partial charge in [-0.15, -0.1) is 0 Å². The van der Waals surface area contributed by atoms with Crippen molar-refractivity contribution in [2.24, 2.45) is 0 Å². The predicted molar refractivity (Wildman–Crippen MR) is 144 cm³/mol. The fourth-order valence-electron chi connectivity index (χ4n) is 3.96. The van der Waals surface area contributed by atoms with Gasteiger partial charge in [-0.3, -0.25) is 9.59 Å². The molecule has 2 fully saturated rings. The van der Waals surface area contributed by atoms with Crippen molar-refractivity contribution in [2.45, 2.75) is 141 Å². The molecule has 2 rings (SSSR count). The van der Waals surface area contributed by atoms with Gasteiger partial charge in [0, 0.05) is 26.7 Å². The summed E-state index contributed by atoms with van der Waals surface area (Å²) in [6.45, 7) is 25.2. The molecule has 0 aliphatic carbocycles. The van der Waals surface area contributed by atoms with Crippen LogP contribution in [0, 0.1) is 0 Å². The van der Waals surface area contributed by atoms with E-state index >= 15 is 0 Å². The second-order valence-corrected chi connectivity index (χ2v) is 23.0. The summed E-state index contributed by atoms with van der Waals surface area (Å²) in [5, 5.41) is 0.102. The highest BCUT2D eigenvalue weighted by Gasteiger charge is 2.50. The van der Waals surface area contributed by atoms with Gasteiger partial charge in [0.1, 0.15) is 12.2 Å². The van der Waals surface area contributed by atoms with E-state index in [1.165, 1.54) is 13.8 Å². The molecule has 8 nitrogen and oxygen atoms in total. The number of ether oxygens (including phenoxy) is 4. The molecule has 10 heteroatoms. The van der Waals surface area contributed by atoms with Crippen LogP contribution in [0.25, 0.3) is 0 Å². The van der Waals surface area contributed by atoms with Crippen LogP contribution in [-0.4, -0.2) is 78.4 Å². The Bertz CT molecular complexity index is 695. The van der Waals surface area contributed by atoms with Gasteiger partial charge < -0.3 is 27.8 Å². The maximum atomic E-state index is 11.8. The van der Waals surface area contributed by atoms with Gasteiger partial charge >= 0.3 is 11.9 Å². The first-order chi connectivity index (χ1) is 16.2. The minimum atomic E-state index is -2.02. The summed E-state index contributed by atoms with van der Waals surface area (Å²) in [7, 11) is -4.03. The third-order valence-corrected chi connectivity index (χ3v) is 17.3. The molecule has 0 aromatic rings. The van der Waals surface area contributed by atoms with Gasteiger partial charge in [-0.2, -0.15) is 0 Å². The maximum Gasteiger partial charge on any atom is 0.303 e. The molecule has 0 saturated carbocycles. The Balaban J connectivity index is 2.03. The molecule has 0 radical (unpaired) electrons. The fraction of sp³-hybridized carbons (Fsp3) is 0.923. The predicted octanol–water partition coefficient (Wildman–Crippen LogP) is 5.21. The number of carbonyl (C=O) groups is 2. The Kier molecular flexibility index (Phi) is 10.1. The van der Waals surface area contributed by atoms with Crippen molar-refractivity contribution in [2.75, 3.05) is 13.2 Å². The van der Waals surface area contributed by atoms with Gasteiger partial charge in [-0.05, 0) is 36.3 Å². The molecular formula is C26H50O8Si2. The minimum absolute atomic E-state index is 0.0509. The van der Waals surface area contributed by atoms with Gasteiger partial charge in [0.25, 0.3) is 0 Å². The van der Waals surface area contributed by atoms with Crippen LogP contribution in [-0.2, 0) is 37.4 Å². The van der Waals surface area contributed by atoms with Crippen LogP contribution in [0.2, 0.25) is 36.3 Å². The van der Waals surface area contributed by atoms with Crippen LogP contribution in [0.5, 0.6) is 0 Å². The minimum Gasteiger partial charge on any atom is -0.457 e. The first-order valence-electron chi connectivity index (χ1n) is 13.2. The zero-order valence-electron chi connectivity index (χ0n) is 24.6. The molecule has 2 aliphatic heterocycles. The quantitative estimate of drug-likeness (QED) is 0.273. The average molecular weight is 547 g/mol. The van der Waals surface area contributed by atoms with E-state index in [2.05, 4.69) is 67.7 Å². The van der Waals surface area contributed by atoms with E-state index in [1.807, 2.05) is 0 Å². The summed E-state index contributed by atoms with van der Waals surface area (Å²) in [6.07, 6.45) is -0.707. The number of fused-ring (bicyclic) bond motifs is 1. The summed E-state index contributed by atoms with van der Waals surface area (Å²) in [5.41, 5.74) is 0. The van der Waals surface area contributed by atoms with Crippen LogP contribution < -0.4 is 0 Å². The molecule has 0 aromatic heterocycles. The lowest BCUT2D eigenvalue weighted by molar-refractivity contribution is -0.159. The maximum absolute atomic E-state index is 11.8. The molecule has 36 heavy (non-hydrogen) atoms. The molecule has 2 aliphatic rings. The van der Waals surface area contributed by atoms with E-state index in [9.17, 15) is 9.59 Å². The van der Waals surface area contributed by atoms with Gasteiger partial charge in [0.15, 0.2) is 16.6 Å². The topological polar surface area (TPSA) is 89.5 Å². The lowest BCUT2D eigenvalue weighted by Gasteiger charge is -2.38. The highest BCUT2D eigenvalue weighted by atomic mass is 28.4. The zero-order valence-corrected chi connectivity index (χ0v) is 26.6. The van der Waals surface area contributed by atoms with E-state index in [-0.39, 0.29) is 46.4 Å². The van der Waals surface area contributed by atoms with Gasteiger partial charge in [-0.25, -0.2) is 0 Å². The van der Waals surface area contributed by atoms with Crippen molar-refractivity contribution in [3.05, 3.63) is 0 Å². The van der Waals surface area contributed by atoms with Gasteiger partial charge in [-0.1, -0.05) is 41.5 Å². The number of hydrogen-bond donors (Lipinski definition) is 0. The van der Waals surface area contributed by atoms with Crippen LogP contribution in [0.4, 0.5) is 0 Å². The van der Waals surface area contributed by atoms with Crippen molar-refractivity contribution in [3.8, 4) is 0 Å². The third kappa shape index (κ3) is 8.10. The molecule has 2 heterocycles. The van der Waals surface area contributed by atoms with Gasteiger partial charge in [0.05, 0.1) is 37.6 Å². The Labute approximate surface area is 220 Å². The standard InChI is InChI=1S/C26H50O8Si2/c1-17(27)31-23(15-29-35(9,10)25(3,4)5)21-13-19-20(33-21)14-22(34-19)24(32-18(2)28)16-30-36(11,12)26(6,7)8/h19-24H,13-16H2,1-12H3/t19-,20-,21-,22+,23-,24-/m1/s1. The van der Waals surface area contributed by atoms with Crippen LogP contribution in [0.1, 0.15) is 68.2 Å². The van der Waals surface area contributed by atoms with Gasteiger partial charge in [0.2, 0.25) is 0 Å². The van der Waals surface area contributed by atoms with E-state index in [0.29, 0.717) is 26.1 Å². The van der Waals surface area contributed by atoms with Crippen LogP contribution in [0.3, 0.4) is 0 Å². The van der Waals surface area contributed by atoms with E-state index in [4.69, 9.17) is 27.8 Å². The van der Waals surface area contributed by atoms with E-state index in [1.54, 1.807) is 0 Å². The second kappa shape index (κ2) is 11.5. The summed E-state index contributed by atoms with van der Waals surface area (Å²) in [5.74, 6) is -0.702. The molecule has 210 valence electrons. The fourth-order valence-corrected chi connectivity index (χ4v) is 5.99. The zero-order chi connectivity index (χ0) is 27.7. The third-order valence-electron chi connectivity index (χ3n) is 8.34. The monoisotopic (exact) mass is 546 g/mol. The molecule has 0 amide bonds. The summed E-state index contributed by atoms with van der Waals surface area (Å²) in [4.78, 5) is 23.7. The first-order valence-corrected chi connectivity index (χ1v) is 19.0. The molecular weight excluding hydrogens is 496 g/mol. The van der Waals surface area contributed by atoms with Crippen molar-refractivity contribution in [3.63, 3.8) is 0 Å². The van der Waals surface area contributed by atoms with E-state index < -0.39 is 28.8 Å². The normalized spacial score (nSPS) is 26.9. The molecule has 0 bridgehead atoms. The highest BCUT2D eigenvalue weighted by Crippen LogP contribution is 2.41. The van der Waals surface area contributed by atoms with Crippen molar-refractivity contribution >= 4 is 28.6 Å². The second-order valence-electron chi connectivity index (χ2n) is 13.3. The smallest absolute Gasteiger partial charge is 0.303 e. The van der Waals surface area contributed by atoms with E-state index in [0.717, 1.165) is 0 Å². The molecule has 0 spiro atoms. The molecule has 0 unspecified atom stereocenters. The summed E-state index contributed by atoms with van der Waals surface area (Å²) in [6, 6.07) is 0.